The minimum atomic E-state index is -3.94. The summed E-state index contributed by atoms with van der Waals surface area (Å²) in [5.41, 5.74) is 0.213. The number of benzene rings is 1. The third kappa shape index (κ3) is 6.22. The van der Waals surface area contributed by atoms with Crippen molar-refractivity contribution in [1.82, 2.24) is 24.9 Å². The highest BCUT2D eigenvalue weighted by molar-refractivity contribution is 7.89. The molecule has 10 nitrogen and oxygen atoms in total. The van der Waals surface area contributed by atoms with Crippen molar-refractivity contribution >= 4 is 38.4 Å². The van der Waals surface area contributed by atoms with Gasteiger partial charge in [0, 0.05) is 24.3 Å². The Labute approximate surface area is 221 Å². The lowest BCUT2D eigenvalue weighted by Crippen LogP contribution is -2.52. The second kappa shape index (κ2) is 11.8. The molecule has 1 unspecified atom stereocenters. The molecule has 11 heteroatoms. The first-order valence-electron chi connectivity index (χ1n) is 12.6. The lowest BCUT2D eigenvalue weighted by molar-refractivity contribution is -0.129. The van der Waals surface area contributed by atoms with Crippen LogP contribution < -0.4 is 10.6 Å². The van der Waals surface area contributed by atoms with Gasteiger partial charge in [0.25, 0.3) is 15.9 Å². The summed E-state index contributed by atoms with van der Waals surface area (Å²) in [6.45, 7) is 3.63. The normalized spacial score (nSPS) is 17.7. The zero-order valence-electron chi connectivity index (χ0n) is 21.3. The summed E-state index contributed by atoms with van der Waals surface area (Å²) in [5, 5.41) is 6.95. The van der Waals surface area contributed by atoms with Crippen molar-refractivity contribution < 1.29 is 22.8 Å². The Kier molecular flexibility index (Phi) is 8.48. The lowest BCUT2D eigenvalue weighted by atomic mass is 10.0. The number of sulfonamides is 1. The van der Waals surface area contributed by atoms with E-state index in [0.29, 0.717) is 18.2 Å². The summed E-state index contributed by atoms with van der Waals surface area (Å²) in [4.78, 5) is 47.6. The molecule has 1 aliphatic rings. The first-order chi connectivity index (χ1) is 18.2. The number of carbonyl (C=O) groups is 3. The molecule has 38 heavy (non-hydrogen) atoms. The maximum absolute atomic E-state index is 13.3. The lowest BCUT2D eigenvalue weighted by Gasteiger charge is -2.23. The Morgan fingerprint density at radius 2 is 1.82 bits per heavy atom. The molecule has 1 aromatic carbocycles. The second-order valence-corrected chi connectivity index (χ2v) is 11.6. The molecule has 1 aliphatic heterocycles. The minimum absolute atomic E-state index is 0.0790. The van der Waals surface area contributed by atoms with Gasteiger partial charge in [0.2, 0.25) is 5.91 Å². The number of rotatable bonds is 8. The Bertz CT molecular complexity index is 1420. The average Bonchev–Trinajstić information content (AvgIpc) is 3.09. The Balaban J connectivity index is 1.47. The van der Waals surface area contributed by atoms with Crippen molar-refractivity contribution in [1.29, 1.82) is 0 Å². The number of ketones is 1. The molecule has 4 rings (SSSR count). The number of nitrogens with zero attached hydrogens (tertiary/aromatic N) is 3. The molecular formula is C27H31N5O5S. The number of amides is 2. The van der Waals surface area contributed by atoms with Gasteiger partial charge in [-0.1, -0.05) is 44.2 Å². The first-order valence-corrected chi connectivity index (χ1v) is 14.0. The molecule has 0 bridgehead atoms. The zero-order valence-corrected chi connectivity index (χ0v) is 22.1. The summed E-state index contributed by atoms with van der Waals surface area (Å²) in [5.74, 6) is -1.31. The summed E-state index contributed by atoms with van der Waals surface area (Å²) in [6, 6.07) is 12.0. The van der Waals surface area contributed by atoms with E-state index in [4.69, 9.17) is 0 Å². The van der Waals surface area contributed by atoms with E-state index in [2.05, 4.69) is 20.6 Å². The molecule has 2 amide bonds. The first kappa shape index (κ1) is 27.3. The number of nitrogens with one attached hydrogen (secondary N) is 2. The van der Waals surface area contributed by atoms with Crippen LogP contribution in [0.5, 0.6) is 0 Å². The van der Waals surface area contributed by atoms with E-state index in [9.17, 15) is 22.8 Å². The van der Waals surface area contributed by atoms with E-state index < -0.39 is 39.7 Å². The van der Waals surface area contributed by atoms with Crippen molar-refractivity contribution in [3.05, 3.63) is 66.6 Å². The SMILES string of the molecule is CC(C)CC(NC(=O)c1nccc2ccccc12)C(=O)N[C@H]1CCCN(S(=O)(=O)c2ccccn2)CC1=O. The van der Waals surface area contributed by atoms with E-state index >= 15 is 0 Å². The molecule has 0 saturated carbocycles. The third-order valence-electron chi connectivity index (χ3n) is 6.40. The van der Waals surface area contributed by atoms with Crippen molar-refractivity contribution in [2.45, 2.75) is 50.2 Å². The van der Waals surface area contributed by atoms with Gasteiger partial charge in [0.1, 0.15) is 11.7 Å². The van der Waals surface area contributed by atoms with Gasteiger partial charge in [-0.3, -0.25) is 19.4 Å². The maximum Gasteiger partial charge on any atom is 0.271 e. The van der Waals surface area contributed by atoms with Crippen molar-refractivity contribution in [3.63, 3.8) is 0 Å². The van der Waals surface area contributed by atoms with Gasteiger partial charge in [-0.05, 0) is 48.8 Å². The standard InChI is InChI=1S/C27H31N5O5S/c1-18(2)16-22(31-27(35)25-20-9-4-3-8-19(20)12-14-29-25)26(34)30-21-10-7-15-32(17-23(21)33)38(36,37)24-11-5-6-13-28-24/h3-6,8-9,11-14,18,21-22H,7,10,15-17H2,1-2H3,(H,30,34)(H,31,35)/t21-,22?/m0/s1. The zero-order chi connectivity index (χ0) is 27.3. The molecule has 1 fully saturated rings. The van der Waals surface area contributed by atoms with Gasteiger partial charge >= 0.3 is 0 Å². The predicted molar refractivity (Wildman–Crippen MR) is 142 cm³/mol. The molecular weight excluding hydrogens is 506 g/mol. The Morgan fingerprint density at radius 3 is 2.55 bits per heavy atom. The topological polar surface area (TPSA) is 138 Å². The van der Waals surface area contributed by atoms with E-state index in [1.54, 1.807) is 30.5 Å². The predicted octanol–water partition coefficient (Wildman–Crippen LogP) is 2.31. The van der Waals surface area contributed by atoms with Gasteiger partial charge < -0.3 is 10.6 Å². The Morgan fingerprint density at radius 1 is 1.05 bits per heavy atom. The van der Waals surface area contributed by atoms with Crippen LogP contribution in [0.2, 0.25) is 0 Å². The van der Waals surface area contributed by atoms with Crippen LogP contribution in [-0.2, 0) is 19.6 Å². The highest BCUT2D eigenvalue weighted by Crippen LogP contribution is 2.19. The van der Waals surface area contributed by atoms with E-state index in [-0.39, 0.29) is 36.1 Å². The maximum atomic E-state index is 13.3. The largest absolute Gasteiger partial charge is 0.344 e. The monoisotopic (exact) mass is 537 g/mol. The van der Waals surface area contributed by atoms with Crippen LogP contribution in [0, 0.1) is 5.92 Å². The average molecular weight is 538 g/mol. The van der Waals surface area contributed by atoms with Gasteiger partial charge in [0.15, 0.2) is 10.8 Å². The van der Waals surface area contributed by atoms with Crippen LogP contribution in [0.1, 0.15) is 43.6 Å². The molecule has 2 N–H and O–H groups in total. The summed E-state index contributed by atoms with van der Waals surface area (Å²) < 4.78 is 27.0. The second-order valence-electron chi connectivity index (χ2n) is 9.71. The molecule has 2 aromatic heterocycles. The van der Waals surface area contributed by atoms with Crippen LogP contribution in [0.15, 0.2) is 66.0 Å². The van der Waals surface area contributed by atoms with E-state index in [0.717, 1.165) is 9.69 Å². The van der Waals surface area contributed by atoms with E-state index in [1.165, 1.54) is 12.3 Å². The van der Waals surface area contributed by atoms with E-state index in [1.807, 2.05) is 32.0 Å². The number of hydrogen-bond donors (Lipinski definition) is 2. The molecule has 0 aliphatic carbocycles. The highest BCUT2D eigenvalue weighted by Gasteiger charge is 2.35. The molecule has 3 aromatic rings. The molecule has 0 radical (unpaired) electrons. The number of pyridine rings is 2. The fraction of sp³-hybridized carbons (Fsp3) is 0.370. The quantitative estimate of drug-likeness (QED) is 0.450. The summed E-state index contributed by atoms with van der Waals surface area (Å²) in [7, 11) is -3.94. The molecule has 2 atom stereocenters. The van der Waals surface area contributed by atoms with Gasteiger partial charge in [0.05, 0.1) is 12.6 Å². The highest BCUT2D eigenvalue weighted by atomic mass is 32.2. The minimum Gasteiger partial charge on any atom is -0.344 e. The molecule has 0 spiro atoms. The summed E-state index contributed by atoms with van der Waals surface area (Å²) >= 11 is 0. The number of aromatic nitrogens is 2. The van der Waals surface area contributed by atoms with Crippen LogP contribution >= 0.6 is 0 Å². The number of carbonyl (C=O) groups excluding carboxylic acids is 3. The van der Waals surface area contributed by atoms with Crippen LogP contribution in [-0.4, -0.2) is 65.5 Å². The van der Waals surface area contributed by atoms with Crippen LogP contribution in [0.4, 0.5) is 0 Å². The van der Waals surface area contributed by atoms with Gasteiger partial charge in [-0.2, -0.15) is 4.31 Å². The smallest absolute Gasteiger partial charge is 0.271 e. The molecule has 200 valence electrons. The number of hydrogen-bond acceptors (Lipinski definition) is 7. The van der Waals surface area contributed by atoms with Gasteiger partial charge in [-0.15, -0.1) is 0 Å². The molecule has 1 saturated heterocycles. The number of Topliss-reactive ketones (excluding diaryl/α,β-unsaturated/α-hetero) is 1. The van der Waals surface area contributed by atoms with Gasteiger partial charge in [-0.25, -0.2) is 13.4 Å². The fourth-order valence-electron chi connectivity index (χ4n) is 4.49. The Hall–Kier alpha value is -3.70. The van der Waals surface area contributed by atoms with Crippen molar-refractivity contribution in [2.75, 3.05) is 13.1 Å². The van der Waals surface area contributed by atoms with Crippen molar-refractivity contribution in [2.24, 2.45) is 5.92 Å². The molecule has 3 heterocycles. The third-order valence-corrected chi connectivity index (χ3v) is 8.16. The van der Waals surface area contributed by atoms with Crippen LogP contribution in [0.25, 0.3) is 10.8 Å². The fourth-order valence-corrected chi connectivity index (χ4v) is 5.86. The summed E-state index contributed by atoms with van der Waals surface area (Å²) in [6.07, 6.45) is 3.94. The number of fused-ring (bicyclic) bond motifs is 1. The van der Waals surface area contributed by atoms with Crippen LogP contribution in [0.3, 0.4) is 0 Å². The van der Waals surface area contributed by atoms with Crippen molar-refractivity contribution in [3.8, 4) is 0 Å².